The molecule has 0 saturated carbocycles. The van der Waals surface area contributed by atoms with Crippen LogP contribution in [0.4, 0.5) is 0 Å². The molecule has 0 aliphatic rings. The maximum atomic E-state index is 12.1. The summed E-state index contributed by atoms with van der Waals surface area (Å²) in [6.07, 6.45) is 7.20. The SMILES string of the molecule is Cc1ccn2cc(CNC(=O)/C=C/c3ccc(OCc4ccccc4)cc3)nc2c1. The number of hydrogen-bond donors (Lipinski definition) is 1. The fourth-order valence-corrected chi connectivity index (χ4v) is 3.05. The van der Waals surface area contributed by atoms with Gasteiger partial charge < -0.3 is 14.5 Å². The van der Waals surface area contributed by atoms with Gasteiger partial charge in [0, 0.05) is 18.5 Å². The quantitative estimate of drug-likeness (QED) is 0.466. The summed E-state index contributed by atoms with van der Waals surface area (Å²) in [5.41, 5.74) is 4.91. The lowest BCUT2D eigenvalue weighted by atomic mass is 10.2. The number of imidazole rings is 1. The molecule has 0 aliphatic carbocycles. The predicted molar refractivity (Wildman–Crippen MR) is 118 cm³/mol. The Kier molecular flexibility index (Phi) is 5.90. The number of aromatic nitrogens is 2. The van der Waals surface area contributed by atoms with Crippen molar-refractivity contribution in [1.29, 1.82) is 0 Å². The number of nitrogens with zero attached hydrogens (tertiary/aromatic N) is 2. The lowest BCUT2D eigenvalue weighted by Crippen LogP contribution is -2.20. The lowest BCUT2D eigenvalue weighted by molar-refractivity contribution is -0.116. The summed E-state index contributed by atoms with van der Waals surface area (Å²) in [6.45, 7) is 2.94. The van der Waals surface area contributed by atoms with E-state index in [1.807, 2.05) is 90.4 Å². The van der Waals surface area contributed by atoms with Crippen LogP contribution >= 0.6 is 0 Å². The minimum atomic E-state index is -0.160. The van der Waals surface area contributed by atoms with Crippen molar-refractivity contribution < 1.29 is 9.53 Å². The highest BCUT2D eigenvalue weighted by Crippen LogP contribution is 2.15. The van der Waals surface area contributed by atoms with Gasteiger partial charge in [-0.05, 0) is 54.0 Å². The van der Waals surface area contributed by atoms with E-state index >= 15 is 0 Å². The second-order valence-electron chi connectivity index (χ2n) is 7.10. The third-order valence-electron chi connectivity index (χ3n) is 4.66. The number of amides is 1. The summed E-state index contributed by atoms with van der Waals surface area (Å²) in [7, 11) is 0. The molecule has 0 aliphatic heterocycles. The number of fused-ring (bicyclic) bond motifs is 1. The maximum Gasteiger partial charge on any atom is 0.244 e. The van der Waals surface area contributed by atoms with Crippen LogP contribution < -0.4 is 10.1 Å². The fraction of sp³-hybridized carbons (Fsp3) is 0.120. The molecule has 1 N–H and O–H groups in total. The van der Waals surface area contributed by atoms with Gasteiger partial charge in [-0.2, -0.15) is 0 Å². The Bertz CT molecular complexity index is 1160. The molecule has 0 unspecified atom stereocenters. The highest BCUT2D eigenvalue weighted by Gasteiger charge is 2.03. The monoisotopic (exact) mass is 397 g/mol. The van der Waals surface area contributed by atoms with Crippen molar-refractivity contribution in [2.75, 3.05) is 0 Å². The van der Waals surface area contributed by atoms with Crippen LogP contribution in [0.2, 0.25) is 0 Å². The van der Waals surface area contributed by atoms with Gasteiger partial charge in [0.25, 0.3) is 0 Å². The summed E-state index contributed by atoms with van der Waals surface area (Å²) in [4.78, 5) is 16.7. The van der Waals surface area contributed by atoms with Crippen LogP contribution in [0.15, 0.2) is 85.2 Å². The van der Waals surface area contributed by atoms with Crippen molar-refractivity contribution in [3.63, 3.8) is 0 Å². The summed E-state index contributed by atoms with van der Waals surface area (Å²) >= 11 is 0. The first-order valence-corrected chi connectivity index (χ1v) is 9.83. The van der Waals surface area contributed by atoms with Crippen LogP contribution in [0.5, 0.6) is 5.75 Å². The molecule has 2 aromatic carbocycles. The first kappa shape index (κ1) is 19.5. The molecular formula is C25H23N3O2. The standard InChI is InChI=1S/C25H23N3O2/c1-19-13-14-28-17-22(27-24(28)15-19)16-26-25(29)12-9-20-7-10-23(11-8-20)30-18-21-5-3-2-4-6-21/h2-15,17H,16,18H2,1H3,(H,26,29)/b12-9+. The van der Waals surface area contributed by atoms with Crippen LogP contribution in [0.25, 0.3) is 11.7 Å². The molecule has 1 amide bonds. The van der Waals surface area contributed by atoms with E-state index in [2.05, 4.69) is 10.3 Å². The van der Waals surface area contributed by atoms with Crippen LogP contribution in [0, 0.1) is 6.92 Å². The Labute approximate surface area is 175 Å². The molecule has 0 bridgehead atoms. The molecule has 2 aromatic heterocycles. The first-order chi connectivity index (χ1) is 14.7. The van der Waals surface area contributed by atoms with Crippen molar-refractivity contribution in [2.24, 2.45) is 0 Å². The number of ether oxygens (including phenoxy) is 1. The van der Waals surface area contributed by atoms with Crippen LogP contribution in [-0.2, 0) is 17.9 Å². The zero-order valence-electron chi connectivity index (χ0n) is 16.8. The van der Waals surface area contributed by atoms with Crippen molar-refractivity contribution in [2.45, 2.75) is 20.1 Å². The average Bonchev–Trinajstić information content (AvgIpc) is 3.18. The number of rotatable bonds is 7. The second-order valence-corrected chi connectivity index (χ2v) is 7.10. The summed E-state index contributed by atoms with van der Waals surface area (Å²) in [5.74, 6) is 0.634. The van der Waals surface area contributed by atoms with Gasteiger partial charge in [-0.1, -0.05) is 42.5 Å². The first-order valence-electron chi connectivity index (χ1n) is 9.83. The van der Waals surface area contributed by atoms with Gasteiger partial charge in [0.15, 0.2) is 0 Å². The van der Waals surface area contributed by atoms with Gasteiger partial charge in [0.2, 0.25) is 5.91 Å². The molecule has 4 aromatic rings. The molecule has 2 heterocycles. The number of pyridine rings is 1. The molecule has 5 heteroatoms. The van der Waals surface area contributed by atoms with Gasteiger partial charge in [-0.25, -0.2) is 4.98 Å². The number of carbonyl (C=O) groups excluding carboxylic acids is 1. The normalized spacial score (nSPS) is 11.1. The van der Waals surface area contributed by atoms with E-state index in [4.69, 9.17) is 4.74 Å². The molecule has 150 valence electrons. The van der Waals surface area contributed by atoms with Crippen molar-refractivity contribution >= 4 is 17.6 Å². The van der Waals surface area contributed by atoms with Crippen LogP contribution in [0.1, 0.15) is 22.4 Å². The van der Waals surface area contributed by atoms with E-state index in [0.717, 1.165) is 33.8 Å². The number of aryl methyl sites for hydroxylation is 1. The third-order valence-corrected chi connectivity index (χ3v) is 4.66. The second kappa shape index (κ2) is 9.09. The van der Waals surface area contributed by atoms with Gasteiger partial charge in [0.1, 0.15) is 18.0 Å². The van der Waals surface area contributed by atoms with Gasteiger partial charge in [0.05, 0.1) is 12.2 Å². The Morgan fingerprint density at radius 2 is 1.90 bits per heavy atom. The number of nitrogens with one attached hydrogen (secondary N) is 1. The maximum absolute atomic E-state index is 12.1. The zero-order chi connectivity index (χ0) is 20.8. The van der Waals surface area contributed by atoms with Gasteiger partial charge >= 0.3 is 0 Å². The lowest BCUT2D eigenvalue weighted by Gasteiger charge is -2.06. The third kappa shape index (κ3) is 5.14. The van der Waals surface area contributed by atoms with Crippen molar-refractivity contribution in [3.8, 4) is 5.75 Å². The van der Waals surface area contributed by atoms with E-state index in [9.17, 15) is 4.79 Å². The zero-order valence-corrected chi connectivity index (χ0v) is 16.8. The minimum Gasteiger partial charge on any atom is -0.489 e. The van der Waals surface area contributed by atoms with Gasteiger partial charge in [-0.15, -0.1) is 0 Å². The molecule has 30 heavy (non-hydrogen) atoms. The summed E-state index contributed by atoms with van der Waals surface area (Å²) in [6, 6.07) is 21.7. The molecule has 4 rings (SSSR count). The Balaban J connectivity index is 1.27. The van der Waals surface area contributed by atoms with Gasteiger partial charge in [-0.3, -0.25) is 4.79 Å². The summed E-state index contributed by atoms with van der Waals surface area (Å²) < 4.78 is 7.73. The molecule has 5 nitrogen and oxygen atoms in total. The van der Waals surface area contributed by atoms with E-state index in [1.54, 1.807) is 6.08 Å². The highest BCUT2D eigenvalue weighted by molar-refractivity contribution is 5.91. The largest absolute Gasteiger partial charge is 0.489 e. The Morgan fingerprint density at radius 3 is 2.70 bits per heavy atom. The molecule has 0 spiro atoms. The number of carbonyl (C=O) groups is 1. The van der Waals surface area contributed by atoms with E-state index < -0.39 is 0 Å². The van der Waals surface area contributed by atoms with Crippen molar-refractivity contribution in [1.82, 2.24) is 14.7 Å². The molecular weight excluding hydrogens is 374 g/mol. The Morgan fingerprint density at radius 1 is 1.10 bits per heavy atom. The summed E-state index contributed by atoms with van der Waals surface area (Å²) in [5, 5.41) is 2.87. The molecule has 0 radical (unpaired) electrons. The highest BCUT2D eigenvalue weighted by atomic mass is 16.5. The van der Waals surface area contributed by atoms with E-state index in [0.29, 0.717) is 13.2 Å². The minimum absolute atomic E-state index is 0.160. The topological polar surface area (TPSA) is 55.6 Å². The van der Waals surface area contributed by atoms with Crippen LogP contribution in [-0.4, -0.2) is 15.3 Å². The number of benzene rings is 2. The number of hydrogen-bond acceptors (Lipinski definition) is 3. The molecule has 0 fully saturated rings. The molecule has 0 atom stereocenters. The average molecular weight is 397 g/mol. The Hall–Kier alpha value is -3.86. The molecule has 0 saturated heterocycles. The van der Waals surface area contributed by atoms with E-state index in [1.165, 1.54) is 6.08 Å². The predicted octanol–water partition coefficient (Wildman–Crippen LogP) is 4.55. The van der Waals surface area contributed by atoms with Crippen LogP contribution in [0.3, 0.4) is 0 Å². The smallest absolute Gasteiger partial charge is 0.244 e. The van der Waals surface area contributed by atoms with E-state index in [-0.39, 0.29) is 5.91 Å². The van der Waals surface area contributed by atoms with Crippen molar-refractivity contribution in [3.05, 3.63) is 108 Å². The fourth-order valence-electron chi connectivity index (χ4n) is 3.05.